The molecule has 3 heterocycles. The molecule has 2 aromatic rings. The lowest BCUT2D eigenvalue weighted by Gasteiger charge is -2.32. The van der Waals surface area contributed by atoms with E-state index in [4.69, 9.17) is 0 Å². The summed E-state index contributed by atoms with van der Waals surface area (Å²) < 4.78 is 1.76. The number of urea groups is 1. The summed E-state index contributed by atoms with van der Waals surface area (Å²) in [5, 5.41) is 7.15. The number of aryl methyl sites for hydroxylation is 1. The third kappa shape index (κ3) is 3.87. The number of carbonyl (C=O) groups is 1. The van der Waals surface area contributed by atoms with Crippen LogP contribution in [0.1, 0.15) is 5.56 Å². The first-order valence-electron chi connectivity index (χ1n) is 7.76. The average Bonchev–Trinajstić information content (AvgIpc) is 3.00. The van der Waals surface area contributed by atoms with Crippen LogP contribution in [0.3, 0.4) is 0 Å². The van der Waals surface area contributed by atoms with Gasteiger partial charge in [-0.15, -0.1) is 0 Å². The third-order valence-corrected chi connectivity index (χ3v) is 4.07. The van der Waals surface area contributed by atoms with Crippen LogP contribution in [0.2, 0.25) is 0 Å². The van der Waals surface area contributed by atoms with E-state index >= 15 is 0 Å². The molecule has 0 spiro atoms. The lowest BCUT2D eigenvalue weighted by Crippen LogP contribution is -2.50. The minimum Gasteiger partial charge on any atom is -0.334 e. The Labute approximate surface area is 135 Å². The van der Waals surface area contributed by atoms with Crippen LogP contribution in [0.25, 0.3) is 11.1 Å². The number of nitrogens with zero attached hydrogens (tertiary/aromatic N) is 5. The smallest absolute Gasteiger partial charge is 0.317 e. The molecule has 0 aliphatic carbocycles. The molecule has 7 nitrogen and oxygen atoms in total. The summed E-state index contributed by atoms with van der Waals surface area (Å²) in [6, 6.07) is 2.03. The van der Waals surface area contributed by atoms with Crippen LogP contribution in [0.4, 0.5) is 4.79 Å². The lowest BCUT2D eigenvalue weighted by molar-refractivity contribution is 0.154. The molecule has 122 valence electrons. The predicted molar refractivity (Wildman–Crippen MR) is 87.7 cm³/mol. The van der Waals surface area contributed by atoms with Gasteiger partial charge < -0.3 is 15.1 Å². The minimum atomic E-state index is -0.00937. The van der Waals surface area contributed by atoms with Crippen LogP contribution in [0.5, 0.6) is 0 Å². The van der Waals surface area contributed by atoms with E-state index in [0.29, 0.717) is 6.54 Å². The summed E-state index contributed by atoms with van der Waals surface area (Å²) in [4.78, 5) is 20.5. The molecule has 2 amide bonds. The predicted octanol–water partition coefficient (Wildman–Crippen LogP) is 0.939. The van der Waals surface area contributed by atoms with E-state index in [9.17, 15) is 4.79 Å². The Morgan fingerprint density at radius 1 is 1.13 bits per heavy atom. The van der Waals surface area contributed by atoms with E-state index in [1.54, 1.807) is 10.9 Å². The molecular weight excluding hydrogens is 292 g/mol. The van der Waals surface area contributed by atoms with Crippen molar-refractivity contribution in [1.29, 1.82) is 0 Å². The largest absolute Gasteiger partial charge is 0.334 e. The van der Waals surface area contributed by atoms with Crippen molar-refractivity contribution < 1.29 is 4.79 Å². The highest BCUT2D eigenvalue weighted by Gasteiger charge is 2.18. The Kier molecular flexibility index (Phi) is 4.57. The van der Waals surface area contributed by atoms with Crippen molar-refractivity contribution in [2.75, 3.05) is 33.2 Å². The molecule has 1 fully saturated rings. The third-order valence-electron chi connectivity index (χ3n) is 4.07. The molecule has 0 unspecified atom stereocenters. The van der Waals surface area contributed by atoms with Crippen molar-refractivity contribution in [3.8, 4) is 11.1 Å². The lowest BCUT2D eigenvalue weighted by atomic mass is 10.1. The summed E-state index contributed by atoms with van der Waals surface area (Å²) in [6.45, 7) is 3.87. The molecule has 3 rings (SSSR count). The second-order valence-electron chi connectivity index (χ2n) is 5.93. The van der Waals surface area contributed by atoms with Crippen molar-refractivity contribution in [3.05, 3.63) is 36.4 Å². The molecule has 7 heteroatoms. The number of rotatable bonds is 3. The van der Waals surface area contributed by atoms with E-state index < -0.39 is 0 Å². The van der Waals surface area contributed by atoms with Gasteiger partial charge in [0.1, 0.15) is 0 Å². The second kappa shape index (κ2) is 6.78. The fourth-order valence-corrected chi connectivity index (χ4v) is 2.61. The molecule has 1 N–H and O–H groups in total. The molecule has 1 saturated heterocycles. The van der Waals surface area contributed by atoms with Crippen molar-refractivity contribution >= 4 is 6.03 Å². The summed E-state index contributed by atoms with van der Waals surface area (Å²) in [6.07, 6.45) is 7.35. The van der Waals surface area contributed by atoms with Crippen LogP contribution >= 0.6 is 0 Å². The number of nitrogens with one attached hydrogen (secondary N) is 1. The van der Waals surface area contributed by atoms with Gasteiger partial charge in [0.2, 0.25) is 0 Å². The second-order valence-corrected chi connectivity index (χ2v) is 5.93. The molecular formula is C16H22N6O. The zero-order valence-corrected chi connectivity index (χ0v) is 13.6. The average molecular weight is 314 g/mol. The van der Waals surface area contributed by atoms with Crippen molar-refractivity contribution in [2.45, 2.75) is 6.54 Å². The molecule has 0 atom stereocenters. The molecule has 0 radical (unpaired) electrons. The first kappa shape index (κ1) is 15.5. The maximum Gasteiger partial charge on any atom is 0.317 e. The molecule has 0 bridgehead atoms. The standard InChI is InChI=1S/C16H22N6O/c1-20-3-5-22(6-4-20)16(23)18-9-13-7-14(10-17-8-13)15-11-19-21(2)12-15/h7-8,10-12H,3-6,9H2,1-2H3,(H,18,23). The van der Waals surface area contributed by atoms with Gasteiger partial charge in [0.05, 0.1) is 6.20 Å². The van der Waals surface area contributed by atoms with E-state index in [1.807, 2.05) is 36.6 Å². The Hall–Kier alpha value is -2.41. The molecule has 1 aliphatic heterocycles. The summed E-state index contributed by atoms with van der Waals surface area (Å²) >= 11 is 0. The SMILES string of the molecule is CN1CCN(C(=O)NCc2cncc(-c3cnn(C)c3)c2)CC1. The van der Waals surface area contributed by atoms with Gasteiger partial charge in [-0.05, 0) is 18.7 Å². The monoisotopic (exact) mass is 314 g/mol. The molecule has 23 heavy (non-hydrogen) atoms. The summed E-state index contributed by atoms with van der Waals surface area (Å²) in [5.41, 5.74) is 3.01. The van der Waals surface area contributed by atoms with Crippen LogP contribution in [-0.2, 0) is 13.6 Å². The van der Waals surface area contributed by atoms with Gasteiger partial charge in [0, 0.05) is 69.5 Å². The Balaban J connectivity index is 1.59. The number of hydrogen-bond donors (Lipinski definition) is 1. The van der Waals surface area contributed by atoms with Gasteiger partial charge in [-0.3, -0.25) is 9.67 Å². The minimum absolute atomic E-state index is 0.00937. The first-order valence-corrected chi connectivity index (χ1v) is 7.76. The van der Waals surface area contributed by atoms with E-state index in [1.165, 1.54) is 0 Å². The number of aromatic nitrogens is 3. The fraction of sp³-hybridized carbons (Fsp3) is 0.438. The highest BCUT2D eigenvalue weighted by atomic mass is 16.2. The van der Waals surface area contributed by atoms with Gasteiger partial charge in [-0.1, -0.05) is 0 Å². The highest BCUT2D eigenvalue weighted by Crippen LogP contribution is 2.18. The van der Waals surface area contributed by atoms with Crippen LogP contribution < -0.4 is 5.32 Å². The summed E-state index contributed by atoms with van der Waals surface area (Å²) in [7, 11) is 3.96. The van der Waals surface area contributed by atoms with E-state index in [-0.39, 0.29) is 6.03 Å². The van der Waals surface area contributed by atoms with Gasteiger partial charge in [-0.2, -0.15) is 5.10 Å². The van der Waals surface area contributed by atoms with Gasteiger partial charge in [0.25, 0.3) is 0 Å². The Bertz CT molecular complexity index is 675. The first-order chi connectivity index (χ1) is 11.1. The van der Waals surface area contributed by atoms with E-state index in [0.717, 1.165) is 42.9 Å². The normalized spacial score (nSPS) is 15.7. The zero-order valence-electron chi connectivity index (χ0n) is 13.6. The number of carbonyl (C=O) groups excluding carboxylic acids is 1. The summed E-state index contributed by atoms with van der Waals surface area (Å²) in [5.74, 6) is 0. The number of pyridine rings is 1. The maximum atomic E-state index is 12.2. The van der Waals surface area contributed by atoms with E-state index in [2.05, 4.69) is 27.3 Å². The van der Waals surface area contributed by atoms with Crippen LogP contribution in [0.15, 0.2) is 30.9 Å². The molecule has 1 aliphatic rings. The fourth-order valence-electron chi connectivity index (χ4n) is 2.61. The van der Waals surface area contributed by atoms with Crippen molar-refractivity contribution in [3.63, 3.8) is 0 Å². The van der Waals surface area contributed by atoms with Gasteiger partial charge in [0.15, 0.2) is 0 Å². The number of piperazine rings is 1. The maximum absolute atomic E-state index is 12.2. The molecule has 0 aromatic carbocycles. The Morgan fingerprint density at radius 3 is 2.61 bits per heavy atom. The van der Waals surface area contributed by atoms with Gasteiger partial charge >= 0.3 is 6.03 Å². The topological polar surface area (TPSA) is 66.3 Å². The van der Waals surface area contributed by atoms with Crippen molar-refractivity contribution in [2.24, 2.45) is 7.05 Å². The van der Waals surface area contributed by atoms with Crippen LogP contribution in [-0.4, -0.2) is 63.8 Å². The van der Waals surface area contributed by atoms with Crippen LogP contribution in [0, 0.1) is 0 Å². The molecule has 0 saturated carbocycles. The van der Waals surface area contributed by atoms with Gasteiger partial charge in [-0.25, -0.2) is 4.79 Å². The Morgan fingerprint density at radius 2 is 1.91 bits per heavy atom. The number of likely N-dealkylation sites (N-methyl/N-ethyl adjacent to an activating group) is 1. The zero-order chi connectivity index (χ0) is 16.2. The highest BCUT2D eigenvalue weighted by molar-refractivity contribution is 5.74. The number of amides is 2. The molecule has 2 aromatic heterocycles. The number of hydrogen-bond acceptors (Lipinski definition) is 4. The van der Waals surface area contributed by atoms with Crippen molar-refractivity contribution in [1.82, 2.24) is 29.9 Å². The quantitative estimate of drug-likeness (QED) is 0.915.